The summed E-state index contributed by atoms with van der Waals surface area (Å²) in [6, 6.07) is 9.39. The Bertz CT molecular complexity index is 1120. The molecule has 3 rings (SSSR count). The summed E-state index contributed by atoms with van der Waals surface area (Å²) in [4.78, 5) is 12.1. The maximum atomic E-state index is 12.8. The van der Waals surface area contributed by atoms with E-state index in [-0.39, 0.29) is 11.4 Å². The second kappa shape index (κ2) is 9.05. The van der Waals surface area contributed by atoms with Crippen molar-refractivity contribution in [3.05, 3.63) is 62.0 Å². The lowest BCUT2D eigenvalue weighted by Gasteiger charge is -2.09. The van der Waals surface area contributed by atoms with Crippen LogP contribution in [0.5, 0.6) is 0 Å². The fourth-order valence-electron chi connectivity index (χ4n) is 2.20. The number of benzene rings is 2. The highest BCUT2D eigenvalue weighted by molar-refractivity contribution is 8.01. The summed E-state index contributed by atoms with van der Waals surface area (Å²) in [6.07, 6.45) is -4.48. The van der Waals surface area contributed by atoms with Gasteiger partial charge in [-0.1, -0.05) is 52.4 Å². The molecule has 29 heavy (non-hydrogen) atoms. The minimum atomic E-state index is -4.48. The van der Waals surface area contributed by atoms with Gasteiger partial charge in [0.05, 0.1) is 27.0 Å². The summed E-state index contributed by atoms with van der Waals surface area (Å²) in [5, 5.41) is 7.54. The number of halogens is 5. The molecule has 152 valence electrons. The summed E-state index contributed by atoms with van der Waals surface area (Å²) in [5.74, 6) is -0.503. The van der Waals surface area contributed by atoms with Crippen LogP contribution in [0.3, 0.4) is 0 Å². The van der Waals surface area contributed by atoms with E-state index in [0.29, 0.717) is 24.0 Å². The van der Waals surface area contributed by atoms with Crippen molar-refractivity contribution in [3.63, 3.8) is 0 Å². The molecule has 0 fully saturated rings. The summed E-state index contributed by atoms with van der Waals surface area (Å²) in [7, 11) is 0. The van der Waals surface area contributed by atoms with Crippen molar-refractivity contribution in [1.29, 1.82) is 0 Å². The predicted molar refractivity (Wildman–Crippen MR) is 113 cm³/mol. The molecule has 0 spiro atoms. The minimum absolute atomic E-state index is 0.0418. The zero-order chi connectivity index (χ0) is 21.2. The highest BCUT2D eigenvalue weighted by Gasteiger charge is 2.30. The second-order valence-electron chi connectivity index (χ2n) is 5.56. The molecular formula is C17H10Cl2F3N3OS3. The van der Waals surface area contributed by atoms with Gasteiger partial charge in [0.1, 0.15) is 0 Å². The van der Waals surface area contributed by atoms with Gasteiger partial charge in [-0.2, -0.15) is 13.2 Å². The Morgan fingerprint density at radius 1 is 1.21 bits per heavy atom. The molecule has 0 saturated heterocycles. The Morgan fingerprint density at radius 3 is 2.66 bits per heavy atom. The normalized spacial score (nSPS) is 11.5. The third-order valence-corrected chi connectivity index (χ3v) is 6.58. The number of hydrogen-bond acceptors (Lipinski definition) is 5. The van der Waals surface area contributed by atoms with Gasteiger partial charge in [0.2, 0.25) is 5.91 Å². The lowest BCUT2D eigenvalue weighted by Crippen LogP contribution is -2.15. The first-order valence-corrected chi connectivity index (χ1v) is 10.8. The van der Waals surface area contributed by atoms with Crippen molar-refractivity contribution in [1.82, 2.24) is 9.78 Å². The van der Waals surface area contributed by atoms with E-state index in [1.807, 2.05) is 0 Å². The van der Waals surface area contributed by atoms with Crippen LogP contribution in [-0.2, 0) is 11.0 Å². The maximum Gasteiger partial charge on any atom is 0.416 e. The fraction of sp³-hybridized carbons (Fsp3) is 0.118. The van der Waals surface area contributed by atoms with E-state index in [4.69, 9.17) is 35.4 Å². The number of carbonyl (C=O) groups excluding carboxylic acids is 1. The molecular weight excluding hydrogens is 486 g/mol. The van der Waals surface area contributed by atoms with Crippen molar-refractivity contribution in [2.45, 2.75) is 10.5 Å². The van der Waals surface area contributed by atoms with Crippen LogP contribution in [0.4, 0.5) is 18.9 Å². The van der Waals surface area contributed by atoms with Gasteiger partial charge in [0, 0.05) is 5.69 Å². The number of amides is 1. The van der Waals surface area contributed by atoms with Crippen LogP contribution in [0, 0.1) is 3.95 Å². The molecule has 0 bridgehead atoms. The highest BCUT2D eigenvalue weighted by atomic mass is 35.5. The molecule has 0 saturated carbocycles. The van der Waals surface area contributed by atoms with Gasteiger partial charge in [-0.15, -0.1) is 5.10 Å². The summed E-state index contributed by atoms with van der Waals surface area (Å²) in [5.41, 5.74) is -0.137. The van der Waals surface area contributed by atoms with E-state index in [1.165, 1.54) is 28.2 Å². The third kappa shape index (κ3) is 5.73. The van der Waals surface area contributed by atoms with Gasteiger partial charge in [0.25, 0.3) is 0 Å². The second-order valence-corrected chi connectivity index (χ2v) is 9.22. The molecule has 1 heterocycles. The predicted octanol–water partition coefficient (Wildman–Crippen LogP) is 6.72. The molecule has 0 aliphatic carbocycles. The number of carbonyl (C=O) groups is 1. The first-order chi connectivity index (χ1) is 13.6. The Labute approximate surface area is 186 Å². The van der Waals surface area contributed by atoms with Crippen molar-refractivity contribution >= 4 is 70.1 Å². The van der Waals surface area contributed by atoms with E-state index in [1.54, 1.807) is 18.2 Å². The molecule has 2 aromatic carbocycles. The van der Waals surface area contributed by atoms with E-state index in [0.717, 1.165) is 23.9 Å². The lowest BCUT2D eigenvalue weighted by atomic mass is 10.2. The Kier molecular flexibility index (Phi) is 6.90. The fourth-order valence-corrected chi connectivity index (χ4v) is 4.65. The van der Waals surface area contributed by atoms with Crippen LogP contribution in [0.2, 0.25) is 10.0 Å². The topological polar surface area (TPSA) is 46.9 Å². The minimum Gasteiger partial charge on any atom is -0.325 e. The summed E-state index contributed by atoms with van der Waals surface area (Å²) in [6.45, 7) is 0. The number of alkyl halides is 3. The number of aromatic nitrogens is 2. The largest absolute Gasteiger partial charge is 0.416 e. The average Bonchev–Trinajstić information content (AvgIpc) is 3.02. The van der Waals surface area contributed by atoms with Crippen LogP contribution in [0.1, 0.15) is 5.56 Å². The number of hydrogen-bond donors (Lipinski definition) is 1. The smallest absolute Gasteiger partial charge is 0.325 e. The highest BCUT2D eigenvalue weighted by Crippen LogP contribution is 2.31. The molecule has 0 aliphatic heterocycles. The quantitative estimate of drug-likeness (QED) is 0.315. The maximum absolute atomic E-state index is 12.8. The number of nitrogens with zero attached hydrogens (tertiary/aromatic N) is 2. The third-order valence-electron chi connectivity index (χ3n) is 3.48. The molecule has 12 heteroatoms. The molecule has 1 amide bonds. The van der Waals surface area contributed by atoms with Crippen molar-refractivity contribution in [3.8, 4) is 5.69 Å². The molecule has 1 aromatic heterocycles. The lowest BCUT2D eigenvalue weighted by molar-refractivity contribution is -0.137. The standard InChI is InChI=1S/C17H10Cl2F3N3OS3/c18-12-5-4-11(7-13(12)19)25-16(27)29-15(24-25)28-8-14(26)23-10-3-1-2-9(6-10)17(20,21)22/h1-7H,8H2,(H,23,26). The van der Waals surface area contributed by atoms with Crippen molar-refractivity contribution < 1.29 is 18.0 Å². The first-order valence-electron chi connectivity index (χ1n) is 7.79. The average molecular weight is 496 g/mol. The Hall–Kier alpha value is -1.59. The monoisotopic (exact) mass is 495 g/mol. The molecule has 0 radical (unpaired) electrons. The zero-order valence-electron chi connectivity index (χ0n) is 14.2. The van der Waals surface area contributed by atoms with Crippen LogP contribution < -0.4 is 5.32 Å². The van der Waals surface area contributed by atoms with Gasteiger partial charge < -0.3 is 5.32 Å². The van der Waals surface area contributed by atoms with Crippen molar-refractivity contribution in [2.75, 3.05) is 11.1 Å². The molecule has 0 aliphatic rings. The van der Waals surface area contributed by atoms with Crippen molar-refractivity contribution in [2.24, 2.45) is 0 Å². The number of anilines is 1. The van der Waals surface area contributed by atoms with E-state index in [2.05, 4.69) is 10.4 Å². The van der Waals surface area contributed by atoms with Crippen LogP contribution in [-0.4, -0.2) is 21.4 Å². The first kappa shape index (κ1) is 22.1. The van der Waals surface area contributed by atoms with E-state index < -0.39 is 17.6 Å². The Morgan fingerprint density at radius 2 is 1.97 bits per heavy atom. The van der Waals surface area contributed by atoms with Gasteiger partial charge in [-0.3, -0.25) is 4.79 Å². The van der Waals surface area contributed by atoms with E-state index >= 15 is 0 Å². The molecule has 4 nitrogen and oxygen atoms in total. The molecule has 3 aromatic rings. The van der Waals surface area contributed by atoms with Gasteiger partial charge >= 0.3 is 6.18 Å². The molecule has 1 N–H and O–H groups in total. The van der Waals surface area contributed by atoms with Gasteiger partial charge in [-0.25, -0.2) is 4.68 Å². The van der Waals surface area contributed by atoms with Gasteiger partial charge in [0.15, 0.2) is 8.29 Å². The SMILES string of the molecule is O=C(CSc1nn(-c2ccc(Cl)c(Cl)c2)c(=S)s1)Nc1cccc(C(F)(F)F)c1. The van der Waals surface area contributed by atoms with Gasteiger partial charge in [-0.05, 0) is 48.6 Å². The van der Waals surface area contributed by atoms with Crippen LogP contribution in [0.15, 0.2) is 46.8 Å². The number of thioether (sulfide) groups is 1. The van der Waals surface area contributed by atoms with Crippen LogP contribution in [0.25, 0.3) is 5.69 Å². The zero-order valence-corrected chi connectivity index (χ0v) is 18.1. The number of nitrogens with one attached hydrogen (secondary N) is 1. The van der Waals surface area contributed by atoms with E-state index in [9.17, 15) is 18.0 Å². The van der Waals surface area contributed by atoms with Crippen LogP contribution >= 0.6 is 58.5 Å². The molecule has 0 atom stereocenters. The summed E-state index contributed by atoms with van der Waals surface area (Å²) >= 11 is 19.5. The Balaban J connectivity index is 1.65. The summed E-state index contributed by atoms with van der Waals surface area (Å²) < 4.78 is 40.7. The molecule has 0 unspecified atom stereocenters. The number of rotatable bonds is 5.